The Balaban J connectivity index is 1.89. The number of piperidine rings is 1. The van der Waals surface area contributed by atoms with Crippen LogP contribution in [0.1, 0.15) is 18.5 Å². The number of nitrogens with one attached hydrogen (secondary N) is 2. The number of aromatic amines is 1. The number of nitrogens with zero attached hydrogens (tertiary/aromatic N) is 2. The van der Waals surface area contributed by atoms with Gasteiger partial charge in [0.05, 0.1) is 17.6 Å². The van der Waals surface area contributed by atoms with Crippen LogP contribution < -0.4 is 5.32 Å². The summed E-state index contributed by atoms with van der Waals surface area (Å²) in [5, 5.41) is 10.5. The average molecular weight is 194 g/mol. The molecule has 4 nitrogen and oxygen atoms in total. The van der Waals surface area contributed by atoms with E-state index in [4.69, 9.17) is 0 Å². The molecule has 0 atom stereocenters. The first-order valence-electron chi connectivity index (χ1n) is 5.21. The molecular weight excluding hydrogens is 176 g/mol. The number of rotatable bonds is 2. The van der Waals surface area contributed by atoms with Crippen LogP contribution >= 0.6 is 0 Å². The zero-order valence-electron chi connectivity index (χ0n) is 8.88. The summed E-state index contributed by atoms with van der Waals surface area (Å²) < 4.78 is 0. The van der Waals surface area contributed by atoms with Gasteiger partial charge in [-0.1, -0.05) is 0 Å². The maximum absolute atomic E-state index is 4.00. The molecule has 2 rings (SSSR count). The molecule has 14 heavy (non-hydrogen) atoms. The second-order valence-corrected chi connectivity index (χ2v) is 4.13. The van der Waals surface area contributed by atoms with Crippen LogP contribution in [0, 0.1) is 6.92 Å². The van der Waals surface area contributed by atoms with Crippen LogP contribution in [0.4, 0.5) is 5.69 Å². The van der Waals surface area contributed by atoms with Crippen LogP contribution in [0.5, 0.6) is 0 Å². The van der Waals surface area contributed by atoms with E-state index >= 15 is 0 Å². The van der Waals surface area contributed by atoms with Gasteiger partial charge in [-0.15, -0.1) is 0 Å². The summed E-state index contributed by atoms with van der Waals surface area (Å²) in [6.45, 7) is 4.42. The zero-order valence-corrected chi connectivity index (χ0v) is 8.88. The van der Waals surface area contributed by atoms with Crippen molar-refractivity contribution in [3.05, 3.63) is 11.9 Å². The summed E-state index contributed by atoms with van der Waals surface area (Å²) in [6.07, 6.45) is 4.32. The zero-order chi connectivity index (χ0) is 9.97. The Labute approximate surface area is 84.7 Å². The summed E-state index contributed by atoms with van der Waals surface area (Å²) in [5.74, 6) is 0. The van der Waals surface area contributed by atoms with Gasteiger partial charge in [0, 0.05) is 6.04 Å². The number of hydrogen-bond acceptors (Lipinski definition) is 3. The molecule has 0 spiro atoms. The van der Waals surface area contributed by atoms with E-state index in [0.29, 0.717) is 6.04 Å². The van der Waals surface area contributed by atoms with Crippen molar-refractivity contribution >= 4 is 5.69 Å². The highest BCUT2D eigenvalue weighted by Gasteiger charge is 2.16. The van der Waals surface area contributed by atoms with Gasteiger partial charge in [0.2, 0.25) is 0 Å². The molecule has 0 radical (unpaired) electrons. The van der Waals surface area contributed by atoms with Crippen LogP contribution in [0.3, 0.4) is 0 Å². The molecule has 1 fully saturated rings. The van der Waals surface area contributed by atoms with E-state index < -0.39 is 0 Å². The van der Waals surface area contributed by atoms with E-state index in [-0.39, 0.29) is 0 Å². The summed E-state index contributed by atoms with van der Waals surface area (Å²) in [4.78, 5) is 2.38. The number of aromatic nitrogens is 2. The van der Waals surface area contributed by atoms with E-state index in [2.05, 4.69) is 27.5 Å². The first kappa shape index (κ1) is 9.52. The largest absolute Gasteiger partial charge is 0.379 e. The van der Waals surface area contributed by atoms with Crippen LogP contribution in [-0.4, -0.2) is 41.3 Å². The fraction of sp³-hybridized carbons (Fsp3) is 0.700. The Kier molecular flexibility index (Phi) is 2.72. The molecule has 1 aromatic heterocycles. The molecule has 0 amide bonds. The number of H-pyrrole nitrogens is 1. The second-order valence-electron chi connectivity index (χ2n) is 4.13. The van der Waals surface area contributed by atoms with Gasteiger partial charge < -0.3 is 10.2 Å². The molecule has 0 saturated carbocycles. The third-order valence-corrected chi connectivity index (χ3v) is 2.91. The second kappa shape index (κ2) is 4.00. The SMILES string of the molecule is Cc1[nH]ncc1NC1CCN(C)CC1. The lowest BCUT2D eigenvalue weighted by Gasteiger charge is -2.29. The molecule has 78 valence electrons. The molecule has 2 N–H and O–H groups in total. The van der Waals surface area contributed by atoms with Crippen LogP contribution in [0.15, 0.2) is 6.20 Å². The summed E-state index contributed by atoms with van der Waals surface area (Å²) in [6, 6.07) is 0.613. The van der Waals surface area contributed by atoms with Crippen molar-refractivity contribution in [1.29, 1.82) is 0 Å². The van der Waals surface area contributed by atoms with Gasteiger partial charge in [0.1, 0.15) is 0 Å². The third-order valence-electron chi connectivity index (χ3n) is 2.91. The lowest BCUT2D eigenvalue weighted by atomic mass is 10.1. The van der Waals surface area contributed by atoms with Gasteiger partial charge in [-0.2, -0.15) is 5.10 Å². The Morgan fingerprint density at radius 1 is 1.50 bits per heavy atom. The molecule has 1 aliphatic heterocycles. The van der Waals surface area contributed by atoms with Crippen molar-refractivity contribution in [2.24, 2.45) is 0 Å². The van der Waals surface area contributed by atoms with Crippen molar-refractivity contribution in [3.8, 4) is 0 Å². The average Bonchev–Trinajstić information content (AvgIpc) is 2.56. The van der Waals surface area contributed by atoms with Gasteiger partial charge in [0.15, 0.2) is 0 Å². The minimum atomic E-state index is 0.613. The molecule has 0 unspecified atom stereocenters. The van der Waals surface area contributed by atoms with Crippen molar-refractivity contribution in [1.82, 2.24) is 15.1 Å². The van der Waals surface area contributed by atoms with Crippen molar-refractivity contribution in [2.45, 2.75) is 25.8 Å². The lowest BCUT2D eigenvalue weighted by Crippen LogP contribution is -2.36. The van der Waals surface area contributed by atoms with Crippen LogP contribution in [0.25, 0.3) is 0 Å². The Morgan fingerprint density at radius 2 is 2.21 bits per heavy atom. The molecule has 0 bridgehead atoms. The summed E-state index contributed by atoms with van der Waals surface area (Å²) in [7, 11) is 2.18. The predicted octanol–water partition coefficient (Wildman–Crippen LogP) is 1.22. The van der Waals surface area contributed by atoms with E-state index in [0.717, 1.165) is 11.4 Å². The highest BCUT2D eigenvalue weighted by molar-refractivity contribution is 5.45. The maximum atomic E-state index is 4.00. The van der Waals surface area contributed by atoms with Gasteiger partial charge >= 0.3 is 0 Å². The van der Waals surface area contributed by atoms with Crippen molar-refractivity contribution in [2.75, 3.05) is 25.5 Å². The van der Waals surface area contributed by atoms with Crippen molar-refractivity contribution in [3.63, 3.8) is 0 Å². The Bertz CT molecular complexity index is 286. The summed E-state index contributed by atoms with van der Waals surface area (Å²) >= 11 is 0. The number of aryl methyl sites for hydroxylation is 1. The van der Waals surface area contributed by atoms with E-state index in [1.54, 1.807) is 0 Å². The molecule has 2 heterocycles. The van der Waals surface area contributed by atoms with Crippen LogP contribution in [0.2, 0.25) is 0 Å². The third kappa shape index (κ3) is 2.07. The van der Waals surface area contributed by atoms with Crippen molar-refractivity contribution < 1.29 is 0 Å². The molecule has 4 heteroatoms. The predicted molar refractivity (Wildman–Crippen MR) is 57.5 cm³/mol. The minimum absolute atomic E-state index is 0.613. The maximum Gasteiger partial charge on any atom is 0.0755 e. The molecule has 1 aliphatic rings. The van der Waals surface area contributed by atoms with E-state index in [1.807, 2.05) is 13.1 Å². The van der Waals surface area contributed by atoms with Crippen LogP contribution in [-0.2, 0) is 0 Å². The smallest absolute Gasteiger partial charge is 0.0755 e. The Hall–Kier alpha value is -1.03. The normalized spacial score (nSPS) is 19.9. The topological polar surface area (TPSA) is 44.0 Å². The quantitative estimate of drug-likeness (QED) is 0.744. The molecule has 0 aromatic carbocycles. The van der Waals surface area contributed by atoms with Gasteiger partial charge in [-0.3, -0.25) is 5.10 Å². The van der Waals surface area contributed by atoms with Gasteiger partial charge in [0.25, 0.3) is 0 Å². The van der Waals surface area contributed by atoms with Gasteiger partial charge in [-0.25, -0.2) is 0 Å². The highest BCUT2D eigenvalue weighted by Crippen LogP contribution is 2.16. The monoisotopic (exact) mass is 194 g/mol. The van der Waals surface area contributed by atoms with E-state index in [9.17, 15) is 0 Å². The molecule has 0 aliphatic carbocycles. The fourth-order valence-electron chi connectivity index (χ4n) is 1.87. The van der Waals surface area contributed by atoms with Gasteiger partial charge in [-0.05, 0) is 39.9 Å². The van der Waals surface area contributed by atoms with E-state index in [1.165, 1.54) is 25.9 Å². The molecule has 1 saturated heterocycles. The summed E-state index contributed by atoms with van der Waals surface area (Å²) in [5.41, 5.74) is 2.28. The first-order chi connectivity index (χ1) is 6.75. The lowest BCUT2D eigenvalue weighted by molar-refractivity contribution is 0.264. The first-order valence-corrected chi connectivity index (χ1v) is 5.21. The fourth-order valence-corrected chi connectivity index (χ4v) is 1.87. The standard InChI is InChI=1S/C10H18N4/c1-8-10(7-11-13-8)12-9-3-5-14(2)6-4-9/h7,9,12H,3-6H2,1-2H3,(H,11,13). The highest BCUT2D eigenvalue weighted by atomic mass is 15.2. The minimum Gasteiger partial charge on any atom is -0.379 e. The Morgan fingerprint density at radius 3 is 2.79 bits per heavy atom. The number of likely N-dealkylation sites (tertiary alicyclic amines) is 1. The molecule has 1 aromatic rings. The number of anilines is 1. The molecular formula is C10H18N4. The number of hydrogen-bond donors (Lipinski definition) is 2.